The summed E-state index contributed by atoms with van der Waals surface area (Å²) >= 11 is 7.43. The number of unbranched alkanes of at least 4 members (excludes halogenated alkanes) is 3. The van der Waals surface area contributed by atoms with Crippen LogP contribution in [-0.2, 0) is 16.0 Å². The number of nitrogens with zero attached hydrogens (tertiary/aromatic N) is 2. The van der Waals surface area contributed by atoms with Crippen LogP contribution < -0.4 is 24.4 Å². The van der Waals surface area contributed by atoms with Gasteiger partial charge in [-0.1, -0.05) is 85.5 Å². The molecule has 46 heavy (non-hydrogen) atoms. The van der Waals surface area contributed by atoms with E-state index in [-0.39, 0.29) is 12.2 Å². The lowest BCUT2D eigenvalue weighted by Gasteiger charge is -2.24. The molecule has 1 aliphatic heterocycles. The van der Waals surface area contributed by atoms with E-state index < -0.39 is 12.0 Å². The second-order valence-corrected chi connectivity index (χ2v) is 12.5. The van der Waals surface area contributed by atoms with Crippen molar-refractivity contribution in [1.82, 2.24) is 4.57 Å². The lowest BCUT2D eigenvalue weighted by molar-refractivity contribution is -0.139. The van der Waals surface area contributed by atoms with Crippen molar-refractivity contribution in [1.29, 1.82) is 0 Å². The van der Waals surface area contributed by atoms with Crippen LogP contribution in [0.1, 0.15) is 69.2 Å². The second kappa shape index (κ2) is 15.9. The van der Waals surface area contributed by atoms with Crippen molar-refractivity contribution >= 4 is 35.0 Å². The van der Waals surface area contributed by atoms with E-state index in [2.05, 4.69) is 24.0 Å². The molecule has 1 aliphatic rings. The van der Waals surface area contributed by atoms with Gasteiger partial charge in [0.25, 0.3) is 5.56 Å². The predicted octanol–water partition coefficient (Wildman–Crippen LogP) is 7.03. The summed E-state index contributed by atoms with van der Waals surface area (Å²) in [7, 11) is 0. The topological polar surface area (TPSA) is 79.1 Å². The molecule has 0 fully saturated rings. The van der Waals surface area contributed by atoms with Crippen LogP contribution in [0, 0.1) is 0 Å². The van der Waals surface area contributed by atoms with Crippen LogP contribution in [0.15, 0.2) is 93.9 Å². The molecular formula is C37H39ClN2O5S. The minimum Gasteiger partial charge on any atom is -0.490 e. The number of benzene rings is 3. The number of hydrogen-bond donors (Lipinski definition) is 0. The molecule has 7 nitrogen and oxygen atoms in total. The molecule has 0 aliphatic carbocycles. The average Bonchev–Trinajstić information content (AvgIpc) is 3.35. The number of thiazole rings is 1. The van der Waals surface area contributed by atoms with E-state index in [1.54, 1.807) is 30.5 Å². The molecule has 240 valence electrons. The maximum atomic E-state index is 13.9. The van der Waals surface area contributed by atoms with Crippen molar-refractivity contribution in [3.63, 3.8) is 0 Å². The Morgan fingerprint density at radius 2 is 1.70 bits per heavy atom. The molecule has 0 amide bonds. The Bertz CT molecular complexity index is 1860. The fourth-order valence-corrected chi connectivity index (χ4v) is 6.60. The standard InChI is InChI=1S/C37H39ClN2O5S/c1-4-6-7-8-10-26-13-19-30(20-14-26)44-21-22-45-31-12-9-11-27(23-31)24-32-35(41)40-34(28-15-17-29(38)18-16-28)33(36(42)43-5-2)25(3)39-37(40)46-32/h9,11-20,23-24,34H,4-8,10,21-22H2,1-3H3/b32-24-/t34-/m0/s1. The lowest BCUT2D eigenvalue weighted by atomic mass is 9.96. The zero-order valence-corrected chi connectivity index (χ0v) is 28.0. The Hall–Kier alpha value is -4.14. The molecule has 0 saturated heterocycles. The molecule has 0 saturated carbocycles. The summed E-state index contributed by atoms with van der Waals surface area (Å²) in [5.41, 5.74) is 3.48. The quantitative estimate of drug-likeness (QED) is 0.107. The molecule has 2 heterocycles. The van der Waals surface area contributed by atoms with E-state index in [0.29, 0.717) is 44.6 Å². The van der Waals surface area contributed by atoms with E-state index in [0.717, 1.165) is 23.3 Å². The number of halogens is 1. The number of rotatable bonds is 14. The zero-order valence-electron chi connectivity index (χ0n) is 26.5. The minimum absolute atomic E-state index is 0.213. The van der Waals surface area contributed by atoms with Gasteiger partial charge in [-0.15, -0.1) is 0 Å². The molecule has 0 spiro atoms. The first-order chi connectivity index (χ1) is 22.4. The molecule has 0 N–H and O–H groups in total. The first-order valence-electron chi connectivity index (χ1n) is 15.8. The van der Waals surface area contributed by atoms with Crippen molar-refractivity contribution < 1.29 is 19.0 Å². The van der Waals surface area contributed by atoms with Gasteiger partial charge in [0.05, 0.1) is 28.5 Å². The van der Waals surface area contributed by atoms with E-state index in [9.17, 15) is 9.59 Å². The predicted molar refractivity (Wildman–Crippen MR) is 184 cm³/mol. The summed E-state index contributed by atoms with van der Waals surface area (Å²) in [6.45, 7) is 6.74. The van der Waals surface area contributed by atoms with Crippen LogP contribution in [-0.4, -0.2) is 30.4 Å². The third kappa shape index (κ3) is 8.17. The van der Waals surface area contributed by atoms with E-state index >= 15 is 0 Å². The Balaban J connectivity index is 1.30. The lowest BCUT2D eigenvalue weighted by Crippen LogP contribution is -2.39. The van der Waals surface area contributed by atoms with E-state index in [4.69, 9.17) is 25.8 Å². The first-order valence-corrected chi connectivity index (χ1v) is 17.0. The maximum absolute atomic E-state index is 13.9. The van der Waals surface area contributed by atoms with Crippen LogP contribution >= 0.6 is 22.9 Å². The van der Waals surface area contributed by atoms with Crippen LogP contribution in [0.25, 0.3) is 6.08 Å². The third-order valence-electron chi connectivity index (χ3n) is 7.72. The summed E-state index contributed by atoms with van der Waals surface area (Å²) in [6.07, 6.45) is 7.94. The molecule has 0 unspecified atom stereocenters. The monoisotopic (exact) mass is 658 g/mol. The molecular weight excluding hydrogens is 620 g/mol. The number of aromatic nitrogens is 1. The molecule has 0 radical (unpaired) electrons. The van der Waals surface area contributed by atoms with Crippen molar-refractivity contribution in [3.8, 4) is 11.5 Å². The van der Waals surface area contributed by atoms with E-state index in [1.165, 1.54) is 42.6 Å². The number of allylic oxidation sites excluding steroid dienone is 1. The normalized spacial score (nSPS) is 14.5. The minimum atomic E-state index is -0.689. The van der Waals surface area contributed by atoms with Crippen molar-refractivity contribution in [2.75, 3.05) is 19.8 Å². The van der Waals surface area contributed by atoms with Crippen LogP contribution in [0.2, 0.25) is 5.02 Å². The number of hydrogen-bond acceptors (Lipinski definition) is 7. The van der Waals surface area contributed by atoms with Gasteiger partial charge in [0, 0.05) is 5.02 Å². The molecule has 9 heteroatoms. The SMILES string of the molecule is CCCCCCc1ccc(OCCOc2cccc(/C=c3\sc4n(c3=O)[C@@H](c3ccc(Cl)cc3)C(C(=O)OCC)=C(C)N=4)c2)cc1. The number of esters is 1. The molecule has 3 aromatic carbocycles. The second-order valence-electron chi connectivity index (χ2n) is 11.1. The van der Waals surface area contributed by atoms with Gasteiger partial charge in [0.1, 0.15) is 24.7 Å². The number of carbonyl (C=O) groups is 1. The van der Waals surface area contributed by atoms with Gasteiger partial charge in [0.15, 0.2) is 4.80 Å². The zero-order chi connectivity index (χ0) is 32.5. The molecule has 5 rings (SSSR count). The summed E-state index contributed by atoms with van der Waals surface area (Å²) in [5.74, 6) is 0.997. The molecule has 0 bridgehead atoms. The Morgan fingerprint density at radius 3 is 2.41 bits per heavy atom. The molecule has 1 atom stereocenters. The van der Waals surface area contributed by atoms with Gasteiger partial charge in [-0.05, 0) is 85.9 Å². The summed E-state index contributed by atoms with van der Waals surface area (Å²) in [5, 5.41) is 0.561. The molecule has 1 aromatic heterocycles. The highest BCUT2D eigenvalue weighted by molar-refractivity contribution is 7.07. The van der Waals surface area contributed by atoms with Crippen LogP contribution in [0.3, 0.4) is 0 Å². The van der Waals surface area contributed by atoms with Gasteiger partial charge in [-0.2, -0.15) is 0 Å². The Labute approximate surface area is 278 Å². The number of ether oxygens (including phenoxy) is 3. The molecule has 4 aromatic rings. The van der Waals surface area contributed by atoms with Gasteiger partial charge >= 0.3 is 5.97 Å². The fraction of sp³-hybridized carbons (Fsp3) is 0.324. The fourth-order valence-electron chi connectivity index (χ4n) is 5.42. The van der Waals surface area contributed by atoms with Gasteiger partial charge in [-0.25, -0.2) is 9.79 Å². The van der Waals surface area contributed by atoms with Crippen LogP contribution in [0.5, 0.6) is 11.5 Å². The Kier molecular flexibility index (Phi) is 11.5. The summed E-state index contributed by atoms with van der Waals surface area (Å²) in [4.78, 5) is 32.1. The average molecular weight is 659 g/mol. The van der Waals surface area contributed by atoms with Gasteiger partial charge in [-0.3, -0.25) is 9.36 Å². The summed E-state index contributed by atoms with van der Waals surface area (Å²) in [6, 6.07) is 22.3. The number of carbonyl (C=O) groups excluding carboxylic acids is 1. The van der Waals surface area contributed by atoms with Crippen molar-refractivity contribution in [3.05, 3.63) is 125 Å². The maximum Gasteiger partial charge on any atom is 0.338 e. The Morgan fingerprint density at radius 1 is 0.957 bits per heavy atom. The van der Waals surface area contributed by atoms with Crippen molar-refractivity contribution in [2.24, 2.45) is 4.99 Å². The highest BCUT2D eigenvalue weighted by Gasteiger charge is 2.33. The largest absolute Gasteiger partial charge is 0.490 e. The van der Waals surface area contributed by atoms with Crippen molar-refractivity contribution in [2.45, 2.75) is 58.9 Å². The van der Waals surface area contributed by atoms with Gasteiger partial charge in [0.2, 0.25) is 0 Å². The number of aryl methyl sites for hydroxylation is 1. The first kappa shape index (κ1) is 33.2. The highest BCUT2D eigenvalue weighted by atomic mass is 35.5. The number of fused-ring (bicyclic) bond motifs is 1. The highest BCUT2D eigenvalue weighted by Crippen LogP contribution is 2.31. The summed E-state index contributed by atoms with van der Waals surface area (Å²) < 4.78 is 19.3. The van der Waals surface area contributed by atoms with Gasteiger partial charge < -0.3 is 14.2 Å². The third-order valence-corrected chi connectivity index (χ3v) is 8.96. The van der Waals surface area contributed by atoms with Crippen LogP contribution in [0.4, 0.5) is 0 Å². The van der Waals surface area contributed by atoms with E-state index in [1.807, 2.05) is 54.6 Å². The smallest absolute Gasteiger partial charge is 0.338 e.